The van der Waals surface area contributed by atoms with Gasteiger partial charge in [-0.3, -0.25) is 0 Å². The molecule has 0 aliphatic heterocycles. The Balaban J connectivity index is 2.93. The van der Waals surface area contributed by atoms with E-state index in [2.05, 4.69) is 0 Å². The molecule has 0 radical (unpaired) electrons. The Labute approximate surface area is 107 Å². The van der Waals surface area contributed by atoms with Crippen molar-refractivity contribution in [2.24, 2.45) is 0 Å². The van der Waals surface area contributed by atoms with E-state index in [0.717, 1.165) is 12.1 Å². The standard InChI is InChI=1S/C12H17ClN2O2/c1-14(2)8-9-7-10(13)5-6-11(9)17-12(16)15(3)4/h5-7H,8H2,1-4H3/p+1. The maximum absolute atomic E-state index is 11.5. The second kappa shape index (κ2) is 5.89. The van der Waals surface area contributed by atoms with Crippen molar-refractivity contribution < 1.29 is 14.4 Å². The summed E-state index contributed by atoms with van der Waals surface area (Å²) in [7, 11) is 7.35. The number of ether oxygens (including phenoxy) is 1. The summed E-state index contributed by atoms with van der Waals surface area (Å²) in [6, 6.07) is 5.27. The van der Waals surface area contributed by atoms with E-state index in [9.17, 15) is 4.79 Å². The van der Waals surface area contributed by atoms with Crippen LogP contribution in [0.25, 0.3) is 0 Å². The molecule has 1 rings (SSSR count). The second-order valence-corrected chi connectivity index (χ2v) is 4.83. The molecule has 0 aliphatic carbocycles. The summed E-state index contributed by atoms with van der Waals surface area (Å²) in [5.41, 5.74) is 0.924. The molecule has 1 aromatic carbocycles. The van der Waals surface area contributed by atoms with Crippen LogP contribution in [0.4, 0.5) is 4.79 Å². The molecule has 0 atom stereocenters. The van der Waals surface area contributed by atoms with Crippen LogP contribution in [0.1, 0.15) is 5.56 Å². The van der Waals surface area contributed by atoms with Crippen LogP contribution in [0.2, 0.25) is 5.02 Å². The highest BCUT2D eigenvalue weighted by Crippen LogP contribution is 2.22. The number of carbonyl (C=O) groups is 1. The molecular formula is C12H18ClN2O2+. The van der Waals surface area contributed by atoms with Gasteiger partial charge in [0.15, 0.2) is 0 Å². The van der Waals surface area contributed by atoms with Gasteiger partial charge in [-0.2, -0.15) is 0 Å². The fraction of sp³-hybridized carbons (Fsp3) is 0.417. The molecule has 0 bridgehead atoms. The van der Waals surface area contributed by atoms with Crippen LogP contribution < -0.4 is 9.64 Å². The number of nitrogens with zero attached hydrogens (tertiary/aromatic N) is 1. The normalized spacial score (nSPS) is 10.5. The largest absolute Gasteiger partial charge is 0.414 e. The average molecular weight is 258 g/mol. The van der Waals surface area contributed by atoms with Gasteiger partial charge in [0, 0.05) is 19.1 Å². The van der Waals surface area contributed by atoms with Gasteiger partial charge in [0.25, 0.3) is 0 Å². The lowest BCUT2D eigenvalue weighted by Gasteiger charge is -2.15. The van der Waals surface area contributed by atoms with Crippen LogP contribution in [0.5, 0.6) is 5.75 Å². The van der Waals surface area contributed by atoms with Gasteiger partial charge in [-0.15, -0.1) is 0 Å². The van der Waals surface area contributed by atoms with Gasteiger partial charge < -0.3 is 14.5 Å². The third-order valence-corrected chi connectivity index (χ3v) is 2.36. The van der Waals surface area contributed by atoms with Crippen molar-refractivity contribution in [2.75, 3.05) is 28.2 Å². The topological polar surface area (TPSA) is 34.0 Å². The molecule has 0 saturated carbocycles. The number of amides is 1. The Morgan fingerprint density at radius 3 is 2.59 bits per heavy atom. The molecular weight excluding hydrogens is 240 g/mol. The number of hydrogen-bond donors (Lipinski definition) is 1. The van der Waals surface area contributed by atoms with Crippen LogP contribution in [0.15, 0.2) is 18.2 Å². The first-order chi connectivity index (χ1) is 7.90. The van der Waals surface area contributed by atoms with Crippen molar-refractivity contribution in [3.63, 3.8) is 0 Å². The summed E-state index contributed by atoms with van der Waals surface area (Å²) >= 11 is 5.94. The van der Waals surface area contributed by atoms with E-state index >= 15 is 0 Å². The summed E-state index contributed by atoms with van der Waals surface area (Å²) in [5, 5.41) is 0.644. The fourth-order valence-electron chi connectivity index (χ4n) is 1.35. The number of carbonyl (C=O) groups excluding carboxylic acids is 1. The first-order valence-electron chi connectivity index (χ1n) is 5.36. The predicted molar refractivity (Wildman–Crippen MR) is 67.7 cm³/mol. The molecule has 0 aromatic heterocycles. The summed E-state index contributed by atoms with van der Waals surface area (Å²) in [5.74, 6) is 0.564. The lowest BCUT2D eigenvalue weighted by atomic mass is 10.2. The maximum atomic E-state index is 11.5. The van der Waals surface area contributed by atoms with E-state index < -0.39 is 0 Å². The van der Waals surface area contributed by atoms with Crippen molar-refractivity contribution in [3.8, 4) is 5.75 Å². The molecule has 0 spiro atoms. The Hall–Kier alpha value is -1.26. The van der Waals surface area contributed by atoms with Crippen molar-refractivity contribution in [2.45, 2.75) is 6.54 Å². The monoisotopic (exact) mass is 257 g/mol. The van der Waals surface area contributed by atoms with Gasteiger partial charge in [0.2, 0.25) is 0 Å². The van der Waals surface area contributed by atoms with E-state index in [1.165, 1.54) is 9.80 Å². The SMILES string of the molecule is CN(C)C(=O)Oc1ccc(Cl)cc1C[NH+](C)C. The summed E-state index contributed by atoms with van der Waals surface area (Å²) in [4.78, 5) is 14.1. The number of halogens is 1. The second-order valence-electron chi connectivity index (χ2n) is 4.40. The minimum atomic E-state index is -0.387. The predicted octanol–water partition coefficient (Wildman–Crippen LogP) is 1.04. The highest BCUT2D eigenvalue weighted by Gasteiger charge is 2.13. The van der Waals surface area contributed by atoms with Gasteiger partial charge in [-0.05, 0) is 18.2 Å². The number of quaternary nitrogens is 1. The molecule has 17 heavy (non-hydrogen) atoms. The number of benzene rings is 1. The van der Waals surface area contributed by atoms with E-state index in [-0.39, 0.29) is 6.09 Å². The van der Waals surface area contributed by atoms with Crippen molar-refractivity contribution in [1.82, 2.24) is 4.90 Å². The van der Waals surface area contributed by atoms with E-state index in [1.807, 2.05) is 20.2 Å². The summed E-state index contributed by atoms with van der Waals surface area (Å²) in [6.07, 6.45) is -0.387. The molecule has 4 nitrogen and oxygen atoms in total. The van der Waals surface area contributed by atoms with Crippen molar-refractivity contribution >= 4 is 17.7 Å². The zero-order chi connectivity index (χ0) is 13.0. The van der Waals surface area contributed by atoms with Gasteiger partial charge in [0.1, 0.15) is 12.3 Å². The molecule has 0 aliphatic rings. The smallest absolute Gasteiger partial charge is 0.410 e. The van der Waals surface area contributed by atoms with Crippen LogP contribution in [0.3, 0.4) is 0 Å². The Bertz CT molecular complexity index is 405. The lowest BCUT2D eigenvalue weighted by molar-refractivity contribution is -0.872. The minimum absolute atomic E-state index is 0.387. The first-order valence-corrected chi connectivity index (χ1v) is 5.74. The highest BCUT2D eigenvalue weighted by molar-refractivity contribution is 6.30. The molecule has 1 aromatic rings. The summed E-state index contributed by atoms with van der Waals surface area (Å²) < 4.78 is 5.28. The van der Waals surface area contributed by atoms with Gasteiger partial charge in [-0.25, -0.2) is 4.79 Å². The number of nitrogens with one attached hydrogen (secondary N) is 1. The van der Waals surface area contributed by atoms with Crippen LogP contribution in [-0.4, -0.2) is 39.2 Å². The summed E-state index contributed by atoms with van der Waals surface area (Å²) in [6.45, 7) is 0.747. The lowest BCUT2D eigenvalue weighted by Crippen LogP contribution is -3.04. The fourth-order valence-corrected chi connectivity index (χ4v) is 1.55. The Morgan fingerprint density at radius 2 is 2.06 bits per heavy atom. The highest BCUT2D eigenvalue weighted by atomic mass is 35.5. The Morgan fingerprint density at radius 1 is 1.41 bits per heavy atom. The molecule has 94 valence electrons. The molecule has 0 unspecified atom stereocenters. The molecule has 0 fully saturated rings. The maximum Gasteiger partial charge on any atom is 0.414 e. The molecule has 5 heteroatoms. The minimum Gasteiger partial charge on any atom is -0.410 e. The molecule has 1 amide bonds. The van der Waals surface area contributed by atoms with E-state index in [1.54, 1.807) is 26.2 Å². The van der Waals surface area contributed by atoms with Crippen LogP contribution in [-0.2, 0) is 6.54 Å². The first kappa shape index (κ1) is 13.8. The van der Waals surface area contributed by atoms with E-state index in [0.29, 0.717) is 10.8 Å². The van der Waals surface area contributed by atoms with Gasteiger partial charge >= 0.3 is 6.09 Å². The van der Waals surface area contributed by atoms with E-state index in [4.69, 9.17) is 16.3 Å². The molecule has 0 heterocycles. The average Bonchev–Trinajstić information content (AvgIpc) is 2.20. The number of rotatable bonds is 3. The molecule has 0 saturated heterocycles. The van der Waals surface area contributed by atoms with Crippen LogP contribution in [0, 0.1) is 0 Å². The third-order valence-electron chi connectivity index (χ3n) is 2.13. The zero-order valence-corrected chi connectivity index (χ0v) is 11.3. The van der Waals surface area contributed by atoms with Gasteiger partial charge in [0.05, 0.1) is 19.7 Å². The zero-order valence-electron chi connectivity index (χ0n) is 10.6. The van der Waals surface area contributed by atoms with Crippen molar-refractivity contribution in [1.29, 1.82) is 0 Å². The Kier molecular flexibility index (Phi) is 4.78. The van der Waals surface area contributed by atoms with Gasteiger partial charge in [-0.1, -0.05) is 11.6 Å². The van der Waals surface area contributed by atoms with Crippen molar-refractivity contribution in [3.05, 3.63) is 28.8 Å². The molecule has 1 N–H and O–H groups in total. The quantitative estimate of drug-likeness (QED) is 0.878. The number of hydrogen-bond acceptors (Lipinski definition) is 2. The van der Waals surface area contributed by atoms with Crippen LogP contribution >= 0.6 is 11.6 Å². The third kappa shape index (κ3) is 4.24.